The fourth-order valence-corrected chi connectivity index (χ4v) is 3.08. The Morgan fingerprint density at radius 3 is 2.52 bits per heavy atom. The third-order valence-corrected chi connectivity index (χ3v) is 4.48. The number of hydrogen-bond acceptors (Lipinski definition) is 4. The Balaban J connectivity index is 0.00000210. The van der Waals surface area contributed by atoms with Crippen molar-refractivity contribution in [2.24, 2.45) is 11.5 Å². The molecule has 3 aromatic rings. The van der Waals surface area contributed by atoms with E-state index in [-0.39, 0.29) is 48.3 Å². The number of aromatic hydroxyl groups is 1. The van der Waals surface area contributed by atoms with Crippen molar-refractivity contribution in [2.75, 3.05) is 13.1 Å². The summed E-state index contributed by atoms with van der Waals surface area (Å²) in [5.41, 5.74) is 13.5. The Kier molecular flexibility index (Phi) is 9.39. The molecule has 0 unspecified atom stereocenters. The van der Waals surface area contributed by atoms with Crippen molar-refractivity contribution >= 4 is 41.6 Å². The Morgan fingerprint density at radius 2 is 1.86 bits per heavy atom. The number of halogens is 3. The van der Waals surface area contributed by atoms with Crippen molar-refractivity contribution in [1.29, 1.82) is 0 Å². The van der Waals surface area contributed by atoms with Crippen LogP contribution >= 0.6 is 24.8 Å². The summed E-state index contributed by atoms with van der Waals surface area (Å²) >= 11 is 0. The van der Waals surface area contributed by atoms with Crippen LogP contribution in [0.1, 0.15) is 23.3 Å². The van der Waals surface area contributed by atoms with Gasteiger partial charge in [-0.2, -0.15) is 0 Å². The third-order valence-electron chi connectivity index (χ3n) is 4.48. The second-order valence-corrected chi connectivity index (χ2v) is 6.48. The molecular formula is C20H25Cl2FN4O2. The van der Waals surface area contributed by atoms with E-state index in [4.69, 9.17) is 11.5 Å². The SMILES string of the molecule is Cl.Cl.NCCC[C@H](N)CNC(=O)c1[nH]c2c(O)cccc2c1-c1ccc(F)cc1. The molecule has 1 heterocycles. The van der Waals surface area contributed by atoms with E-state index in [1.165, 1.54) is 18.2 Å². The van der Waals surface area contributed by atoms with Crippen LogP contribution in [0.15, 0.2) is 42.5 Å². The van der Waals surface area contributed by atoms with Crippen LogP contribution < -0.4 is 16.8 Å². The number of carbonyl (C=O) groups excluding carboxylic acids is 1. The first-order valence-electron chi connectivity index (χ1n) is 8.84. The highest BCUT2D eigenvalue weighted by molar-refractivity contribution is 6.10. The minimum absolute atomic E-state index is 0. The minimum atomic E-state index is -0.363. The maximum absolute atomic E-state index is 13.3. The quantitative estimate of drug-likeness (QED) is 0.385. The van der Waals surface area contributed by atoms with Crippen LogP contribution in [0.2, 0.25) is 0 Å². The molecule has 6 nitrogen and oxygen atoms in total. The highest BCUT2D eigenvalue weighted by Gasteiger charge is 2.21. The van der Waals surface area contributed by atoms with Gasteiger partial charge in [-0.25, -0.2) is 4.39 Å². The molecule has 0 saturated heterocycles. The number of aromatic amines is 1. The van der Waals surface area contributed by atoms with Crippen molar-refractivity contribution in [1.82, 2.24) is 10.3 Å². The molecule has 7 N–H and O–H groups in total. The fourth-order valence-electron chi connectivity index (χ4n) is 3.08. The van der Waals surface area contributed by atoms with Gasteiger partial charge in [0.05, 0.1) is 5.52 Å². The lowest BCUT2D eigenvalue weighted by atomic mass is 10.0. The fraction of sp³-hybridized carbons (Fsp3) is 0.250. The summed E-state index contributed by atoms with van der Waals surface area (Å²) in [7, 11) is 0. The molecule has 158 valence electrons. The molecule has 2 aromatic carbocycles. The molecule has 0 radical (unpaired) electrons. The Bertz CT molecular complexity index is 948. The normalized spacial score (nSPS) is 11.4. The zero-order valence-electron chi connectivity index (χ0n) is 15.7. The lowest BCUT2D eigenvalue weighted by Gasteiger charge is -2.12. The van der Waals surface area contributed by atoms with Gasteiger partial charge in [-0.3, -0.25) is 4.79 Å². The molecule has 3 rings (SSSR count). The molecule has 9 heteroatoms. The van der Waals surface area contributed by atoms with Gasteiger partial charge in [0.1, 0.15) is 17.3 Å². The average Bonchev–Trinajstić information content (AvgIpc) is 3.06. The van der Waals surface area contributed by atoms with Crippen LogP contribution in [0.3, 0.4) is 0 Å². The number of hydrogen-bond donors (Lipinski definition) is 5. The number of fused-ring (bicyclic) bond motifs is 1. The first-order chi connectivity index (χ1) is 13.0. The van der Waals surface area contributed by atoms with Gasteiger partial charge in [0.2, 0.25) is 0 Å². The van der Waals surface area contributed by atoms with Crippen LogP contribution in [0.4, 0.5) is 4.39 Å². The molecule has 29 heavy (non-hydrogen) atoms. The number of para-hydroxylation sites is 1. The van der Waals surface area contributed by atoms with Crippen molar-refractivity contribution in [2.45, 2.75) is 18.9 Å². The number of carbonyl (C=O) groups is 1. The summed E-state index contributed by atoms with van der Waals surface area (Å²) in [5.74, 6) is -0.666. The molecule has 0 fully saturated rings. The molecule has 0 aliphatic rings. The van der Waals surface area contributed by atoms with Crippen molar-refractivity contribution in [3.8, 4) is 16.9 Å². The molecule has 0 spiro atoms. The topological polar surface area (TPSA) is 117 Å². The van der Waals surface area contributed by atoms with Gasteiger partial charge in [0.25, 0.3) is 5.91 Å². The van der Waals surface area contributed by atoms with Crippen LogP contribution in [-0.4, -0.2) is 35.1 Å². The summed E-state index contributed by atoms with van der Waals surface area (Å²) in [6.07, 6.45) is 1.51. The van der Waals surface area contributed by atoms with E-state index in [2.05, 4.69) is 10.3 Å². The van der Waals surface area contributed by atoms with Gasteiger partial charge in [-0.15, -0.1) is 24.8 Å². The second-order valence-electron chi connectivity index (χ2n) is 6.48. The van der Waals surface area contributed by atoms with Crippen LogP contribution in [0.5, 0.6) is 5.75 Å². The van der Waals surface area contributed by atoms with Gasteiger partial charge in [-0.1, -0.05) is 24.3 Å². The third kappa shape index (κ3) is 5.61. The molecule has 0 saturated carbocycles. The number of benzene rings is 2. The predicted molar refractivity (Wildman–Crippen MR) is 118 cm³/mol. The van der Waals surface area contributed by atoms with E-state index in [1.807, 2.05) is 0 Å². The Hall–Kier alpha value is -2.32. The molecule has 0 aliphatic carbocycles. The lowest BCUT2D eigenvalue weighted by molar-refractivity contribution is 0.0947. The Labute approximate surface area is 180 Å². The molecule has 1 atom stereocenters. The van der Waals surface area contributed by atoms with Crippen LogP contribution in [0.25, 0.3) is 22.0 Å². The van der Waals surface area contributed by atoms with E-state index in [1.54, 1.807) is 24.3 Å². The first kappa shape index (κ1) is 24.7. The average molecular weight is 443 g/mol. The lowest BCUT2D eigenvalue weighted by Crippen LogP contribution is -2.37. The number of phenols is 1. The number of nitrogens with one attached hydrogen (secondary N) is 2. The summed E-state index contributed by atoms with van der Waals surface area (Å²) in [5, 5.41) is 13.6. The van der Waals surface area contributed by atoms with Gasteiger partial charge in [-0.05, 0) is 43.1 Å². The Morgan fingerprint density at radius 1 is 1.17 bits per heavy atom. The largest absolute Gasteiger partial charge is 0.506 e. The first-order valence-corrected chi connectivity index (χ1v) is 8.84. The number of H-pyrrole nitrogens is 1. The van der Waals surface area contributed by atoms with E-state index in [0.717, 1.165) is 12.8 Å². The van der Waals surface area contributed by atoms with E-state index >= 15 is 0 Å². The summed E-state index contributed by atoms with van der Waals surface area (Å²) in [6.45, 7) is 0.862. The second kappa shape index (κ2) is 11.0. The van der Waals surface area contributed by atoms with Crippen molar-refractivity contribution in [3.63, 3.8) is 0 Å². The van der Waals surface area contributed by atoms with Crippen molar-refractivity contribution < 1.29 is 14.3 Å². The molecular weight excluding hydrogens is 418 g/mol. The van der Waals surface area contributed by atoms with E-state index in [0.29, 0.717) is 40.8 Å². The minimum Gasteiger partial charge on any atom is -0.506 e. The summed E-state index contributed by atoms with van der Waals surface area (Å²) in [6, 6.07) is 10.7. The van der Waals surface area contributed by atoms with Crippen molar-refractivity contribution in [3.05, 3.63) is 54.0 Å². The van der Waals surface area contributed by atoms with E-state index in [9.17, 15) is 14.3 Å². The number of phenolic OH excluding ortho intramolecular Hbond substituents is 1. The number of aromatic nitrogens is 1. The standard InChI is InChI=1S/C20H23FN4O2.2ClH/c21-13-8-6-12(7-9-13)17-15-4-1-5-16(26)18(15)25-19(17)20(27)24-11-14(23)3-2-10-22;;/h1,4-9,14,25-26H,2-3,10-11,22-23H2,(H,24,27);2*1H/t14-;;/m0../s1. The van der Waals surface area contributed by atoms with Gasteiger partial charge >= 0.3 is 0 Å². The maximum Gasteiger partial charge on any atom is 0.268 e. The highest BCUT2D eigenvalue weighted by atomic mass is 35.5. The van der Waals surface area contributed by atoms with Gasteiger partial charge in [0.15, 0.2) is 0 Å². The highest BCUT2D eigenvalue weighted by Crippen LogP contribution is 2.36. The smallest absolute Gasteiger partial charge is 0.268 e. The van der Waals surface area contributed by atoms with Crippen LogP contribution in [-0.2, 0) is 0 Å². The summed E-state index contributed by atoms with van der Waals surface area (Å²) < 4.78 is 13.3. The molecule has 0 bridgehead atoms. The van der Waals surface area contributed by atoms with E-state index < -0.39 is 0 Å². The number of rotatable bonds is 7. The zero-order valence-corrected chi connectivity index (χ0v) is 17.3. The summed E-state index contributed by atoms with van der Waals surface area (Å²) in [4.78, 5) is 15.8. The number of nitrogens with two attached hydrogens (primary N) is 2. The monoisotopic (exact) mass is 442 g/mol. The number of amides is 1. The molecule has 1 amide bonds. The molecule has 1 aromatic heterocycles. The van der Waals surface area contributed by atoms with Gasteiger partial charge in [0, 0.05) is 23.5 Å². The maximum atomic E-state index is 13.3. The zero-order chi connectivity index (χ0) is 19.4. The predicted octanol–water partition coefficient (Wildman–Crippen LogP) is 3.32. The molecule has 0 aliphatic heterocycles. The van der Waals surface area contributed by atoms with Gasteiger partial charge < -0.3 is 26.9 Å². The van der Waals surface area contributed by atoms with Crippen LogP contribution in [0, 0.1) is 5.82 Å².